The van der Waals surface area contributed by atoms with Crippen molar-refractivity contribution in [3.8, 4) is 0 Å². The van der Waals surface area contributed by atoms with Crippen LogP contribution in [0.2, 0.25) is 5.02 Å². The highest BCUT2D eigenvalue weighted by atomic mass is 35.5. The molecule has 0 unspecified atom stereocenters. The quantitative estimate of drug-likeness (QED) is 0.729. The number of hydrogen-bond acceptors (Lipinski definition) is 2. The Kier molecular flexibility index (Phi) is 4.63. The van der Waals surface area contributed by atoms with Crippen molar-refractivity contribution in [2.75, 3.05) is 13.1 Å². The smallest absolute Gasteiger partial charge is 0.317 e. The highest BCUT2D eigenvalue weighted by molar-refractivity contribution is 6.31. The van der Waals surface area contributed by atoms with Crippen LogP contribution in [0, 0.1) is 0 Å². The van der Waals surface area contributed by atoms with Crippen molar-refractivity contribution < 1.29 is 4.79 Å². The van der Waals surface area contributed by atoms with Crippen molar-refractivity contribution in [2.45, 2.75) is 13.0 Å². The van der Waals surface area contributed by atoms with Gasteiger partial charge in [0.2, 0.25) is 0 Å². The Morgan fingerprint density at radius 1 is 1.27 bits per heavy atom. The fraction of sp³-hybridized carbons (Fsp3) is 0.200. The van der Waals surface area contributed by atoms with E-state index in [4.69, 9.17) is 11.6 Å². The van der Waals surface area contributed by atoms with E-state index in [0.717, 1.165) is 23.0 Å². The molecular formula is C20H19ClN4O. The third-order valence-corrected chi connectivity index (χ3v) is 5.05. The number of nitrogens with zero attached hydrogens (tertiary/aromatic N) is 2. The number of halogens is 1. The van der Waals surface area contributed by atoms with Crippen molar-refractivity contribution in [3.63, 3.8) is 0 Å². The fourth-order valence-corrected chi connectivity index (χ4v) is 3.45. The number of H-pyrrole nitrogens is 1. The summed E-state index contributed by atoms with van der Waals surface area (Å²) < 4.78 is 0. The number of nitrogens with one attached hydrogen (secondary N) is 2. The van der Waals surface area contributed by atoms with E-state index in [1.54, 1.807) is 6.20 Å². The number of benzene rings is 1. The molecule has 0 saturated heterocycles. The molecule has 0 fully saturated rings. The monoisotopic (exact) mass is 366 g/mol. The van der Waals surface area contributed by atoms with Crippen LogP contribution in [-0.4, -0.2) is 34.0 Å². The Labute approximate surface area is 156 Å². The minimum atomic E-state index is -0.0687. The van der Waals surface area contributed by atoms with Gasteiger partial charge in [-0.15, -0.1) is 0 Å². The summed E-state index contributed by atoms with van der Waals surface area (Å²) in [5.41, 5.74) is 4.23. The van der Waals surface area contributed by atoms with Crippen molar-refractivity contribution in [3.05, 3.63) is 71.0 Å². The molecule has 0 saturated carbocycles. The highest BCUT2D eigenvalue weighted by Gasteiger charge is 2.19. The Bertz CT molecular complexity index is 979. The van der Waals surface area contributed by atoms with Gasteiger partial charge in [-0.2, -0.15) is 0 Å². The second kappa shape index (κ2) is 7.22. The van der Waals surface area contributed by atoms with Crippen LogP contribution in [0.25, 0.3) is 16.6 Å². The molecule has 0 spiro atoms. The van der Waals surface area contributed by atoms with Crippen molar-refractivity contribution in [2.24, 2.45) is 0 Å². The molecule has 132 valence electrons. The lowest BCUT2D eigenvalue weighted by Crippen LogP contribution is -2.41. The van der Waals surface area contributed by atoms with E-state index in [0.29, 0.717) is 24.7 Å². The zero-order chi connectivity index (χ0) is 17.9. The molecule has 1 aliphatic heterocycles. The lowest BCUT2D eigenvalue weighted by Gasteiger charge is -2.26. The molecule has 2 aromatic heterocycles. The van der Waals surface area contributed by atoms with Crippen LogP contribution in [0.1, 0.15) is 17.5 Å². The first kappa shape index (κ1) is 16.7. The minimum Gasteiger partial charge on any atom is -0.346 e. The molecule has 3 heterocycles. The van der Waals surface area contributed by atoms with Gasteiger partial charge in [-0.25, -0.2) is 9.78 Å². The predicted octanol–water partition coefficient (Wildman–Crippen LogP) is 4.22. The van der Waals surface area contributed by atoms with Gasteiger partial charge in [0.05, 0.1) is 0 Å². The molecule has 5 nitrogen and oxygen atoms in total. The molecule has 0 bridgehead atoms. The Hall–Kier alpha value is -2.79. The molecule has 3 aromatic rings. The van der Waals surface area contributed by atoms with Gasteiger partial charge in [0, 0.05) is 48.0 Å². The van der Waals surface area contributed by atoms with Gasteiger partial charge in [-0.05, 0) is 35.8 Å². The average Bonchev–Trinajstić information content (AvgIpc) is 3.11. The van der Waals surface area contributed by atoms with E-state index < -0.39 is 0 Å². The molecule has 2 amide bonds. The number of carbonyl (C=O) groups excluding carboxylic acids is 1. The lowest BCUT2D eigenvalue weighted by atomic mass is 10.00. The Morgan fingerprint density at radius 2 is 2.15 bits per heavy atom. The third kappa shape index (κ3) is 3.30. The van der Waals surface area contributed by atoms with Crippen LogP contribution in [0.3, 0.4) is 0 Å². The summed E-state index contributed by atoms with van der Waals surface area (Å²) >= 11 is 6.13. The molecule has 0 radical (unpaired) electrons. The van der Waals surface area contributed by atoms with E-state index in [1.807, 2.05) is 41.4 Å². The van der Waals surface area contributed by atoms with Crippen LogP contribution < -0.4 is 5.32 Å². The standard InChI is InChI=1S/C20H19ClN4O/c21-18-6-2-1-4-15(18)12-24-20(26)25-10-7-14(8-11-25)17-13-23-19-16(17)5-3-9-22-19/h1-7,9,13H,8,10-12H2,(H,22,23)(H,24,26). The molecule has 0 atom stereocenters. The van der Waals surface area contributed by atoms with Crippen molar-refractivity contribution in [1.82, 2.24) is 20.2 Å². The number of hydrogen-bond donors (Lipinski definition) is 2. The fourth-order valence-electron chi connectivity index (χ4n) is 3.24. The van der Waals surface area contributed by atoms with Gasteiger partial charge < -0.3 is 15.2 Å². The SMILES string of the molecule is O=C(NCc1ccccc1Cl)N1CC=C(c2c[nH]c3ncccc23)CC1. The number of rotatable bonds is 3. The predicted molar refractivity (Wildman–Crippen MR) is 104 cm³/mol. The molecule has 26 heavy (non-hydrogen) atoms. The summed E-state index contributed by atoms with van der Waals surface area (Å²) in [6.45, 7) is 1.71. The zero-order valence-electron chi connectivity index (χ0n) is 14.2. The number of fused-ring (bicyclic) bond motifs is 1. The summed E-state index contributed by atoms with van der Waals surface area (Å²) in [5, 5.41) is 4.73. The number of amides is 2. The maximum atomic E-state index is 12.4. The van der Waals surface area contributed by atoms with Crippen molar-refractivity contribution >= 4 is 34.2 Å². The third-order valence-electron chi connectivity index (χ3n) is 4.68. The largest absolute Gasteiger partial charge is 0.346 e. The van der Waals surface area contributed by atoms with Crippen LogP contribution in [0.5, 0.6) is 0 Å². The van der Waals surface area contributed by atoms with Gasteiger partial charge in [0.15, 0.2) is 0 Å². The number of aromatic nitrogens is 2. The number of urea groups is 1. The topological polar surface area (TPSA) is 61.0 Å². The lowest BCUT2D eigenvalue weighted by molar-refractivity contribution is 0.202. The number of pyridine rings is 1. The summed E-state index contributed by atoms with van der Waals surface area (Å²) in [6, 6.07) is 11.5. The molecule has 1 aliphatic rings. The average molecular weight is 367 g/mol. The van der Waals surface area contributed by atoms with Gasteiger partial charge in [-0.1, -0.05) is 35.9 Å². The van der Waals surface area contributed by atoms with Crippen LogP contribution in [-0.2, 0) is 6.54 Å². The molecule has 0 aliphatic carbocycles. The molecule has 6 heteroatoms. The maximum Gasteiger partial charge on any atom is 0.317 e. The number of carbonyl (C=O) groups is 1. The molecule has 2 N–H and O–H groups in total. The first-order valence-corrected chi connectivity index (χ1v) is 8.98. The van der Waals surface area contributed by atoms with Crippen molar-refractivity contribution in [1.29, 1.82) is 0 Å². The minimum absolute atomic E-state index is 0.0687. The first-order valence-electron chi connectivity index (χ1n) is 8.60. The van der Waals surface area contributed by atoms with E-state index in [1.165, 1.54) is 11.1 Å². The second-order valence-electron chi connectivity index (χ2n) is 6.28. The number of aromatic amines is 1. The summed E-state index contributed by atoms with van der Waals surface area (Å²) in [4.78, 5) is 21.8. The Balaban J connectivity index is 1.41. The van der Waals surface area contributed by atoms with Crippen LogP contribution in [0.4, 0.5) is 4.79 Å². The van der Waals surface area contributed by atoms with Crippen LogP contribution in [0.15, 0.2) is 54.9 Å². The van der Waals surface area contributed by atoms with Gasteiger partial charge in [0.1, 0.15) is 5.65 Å². The summed E-state index contributed by atoms with van der Waals surface area (Å²) in [7, 11) is 0. The van der Waals surface area contributed by atoms with E-state index >= 15 is 0 Å². The van der Waals surface area contributed by atoms with E-state index in [-0.39, 0.29) is 6.03 Å². The molecular weight excluding hydrogens is 348 g/mol. The van der Waals surface area contributed by atoms with E-state index in [2.05, 4.69) is 27.4 Å². The summed E-state index contributed by atoms with van der Waals surface area (Å²) in [5.74, 6) is 0. The molecule has 4 rings (SSSR count). The van der Waals surface area contributed by atoms with Gasteiger partial charge in [0.25, 0.3) is 0 Å². The second-order valence-corrected chi connectivity index (χ2v) is 6.68. The summed E-state index contributed by atoms with van der Waals surface area (Å²) in [6.07, 6.45) is 6.72. The van der Waals surface area contributed by atoms with Gasteiger partial charge in [-0.3, -0.25) is 0 Å². The maximum absolute atomic E-state index is 12.4. The first-order chi connectivity index (χ1) is 12.7. The van der Waals surface area contributed by atoms with Crippen LogP contribution >= 0.6 is 11.6 Å². The van der Waals surface area contributed by atoms with Gasteiger partial charge >= 0.3 is 6.03 Å². The molecule has 1 aromatic carbocycles. The normalized spacial score (nSPS) is 14.3. The zero-order valence-corrected chi connectivity index (χ0v) is 15.0. The Morgan fingerprint density at radius 3 is 2.96 bits per heavy atom. The highest BCUT2D eigenvalue weighted by Crippen LogP contribution is 2.28. The van der Waals surface area contributed by atoms with E-state index in [9.17, 15) is 4.79 Å².